The normalized spacial score (nSPS) is 12.3. The van der Waals surface area contributed by atoms with Crippen LogP contribution in [0.5, 0.6) is 0 Å². The summed E-state index contributed by atoms with van der Waals surface area (Å²) < 4.78 is 9.41. The standard InChI is InChI=1S/C7H12O4/c1-4-10-6(3)11-7(9)5(2)8/h6H,4H2,1-3H3. The first-order valence-corrected chi connectivity index (χ1v) is 3.41. The second-order valence-electron chi connectivity index (χ2n) is 1.98. The van der Waals surface area contributed by atoms with Crippen molar-refractivity contribution in [1.82, 2.24) is 0 Å². The molecule has 1 atom stereocenters. The Labute approximate surface area is 65.5 Å². The molecule has 0 aliphatic carbocycles. The fourth-order valence-corrected chi connectivity index (χ4v) is 0.502. The molecule has 0 heterocycles. The maximum Gasteiger partial charge on any atom is 0.376 e. The van der Waals surface area contributed by atoms with Crippen molar-refractivity contribution in [2.24, 2.45) is 0 Å². The molecule has 11 heavy (non-hydrogen) atoms. The highest BCUT2D eigenvalue weighted by Crippen LogP contribution is 1.93. The van der Waals surface area contributed by atoms with E-state index in [-0.39, 0.29) is 0 Å². The SMILES string of the molecule is CCOC(C)OC(=O)C(C)=O. The first-order chi connectivity index (χ1) is 5.07. The van der Waals surface area contributed by atoms with Gasteiger partial charge in [-0.2, -0.15) is 0 Å². The van der Waals surface area contributed by atoms with Crippen molar-refractivity contribution < 1.29 is 19.1 Å². The minimum atomic E-state index is -0.856. The van der Waals surface area contributed by atoms with Crippen molar-refractivity contribution >= 4 is 11.8 Å². The number of carbonyl (C=O) groups excluding carboxylic acids is 2. The lowest BCUT2D eigenvalue weighted by Crippen LogP contribution is -2.22. The highest BCUT2D eigenvalue weighted by molar-refractivity contribution is 6.32. The summed E-state index contributed by atoms with van der Waals surface area (Å²) in [5.74, 6) is -1.47. The second kappa shape index (κ2) is 4.85. The lowest BCUT2D eigenvalue weighted by molar-refractivity contribution is -0.176. The van der Waals surface area contributed by atoms with Crippen molar-refractivity contribution in [2.75, 3.05) is 6.61 Å². The maximum absolute atomic E-state index is 10.6. The first-order valence-electron chi connectivity index (χ1n) is 3.41. The number of ketones is 1. The van der Waals surface area contributed by atoms with Crippen molar-refractivity contribution in [3.8, 4) is 0 Å². The zero-order chi connectivity index (χ0) is 8.85. The van der Waals surface area contributed by atoms with E-state index in [4.69, 9.17) is 4.74 Å². The van der Waals surface area contributed by atoms with Gasteiger partial charge in [-0.3, -0.25) is 4.79 Å². The molecular weight excluding hydrogens is 148 g/mol. The summed E-state index contributed by atoms with van der Waals surface area (Å²) in [5.41, 5.74) is 0. The smallest absolute Gasteiger partial charge is 0.376 e. The topological polar surface area (TPSA) is 52.6 Å². The van der Waals surface area contributed by atoms with Crippen LogP contribution < -0.4 is 0 Å². The predicted octanol–water partition coefficient (Wildman–Crippen LogP) is 0.501. The Kier molecular flexibility index (Phi) is 4.45. The predicted molar refractivity (Wildman–Crippen MR) is 37.9 cm³/mol. The van der Waals surface area contributed by atoms with Crippen LogP contribution in [0.3, 0.4) is 0 Å². The van der Waals surface area contributed by atoms with E-state index in [9.17, 15) is 9.59 Å². The quantitative estimate of drug-likeness (QED) is 0.341. The molecule has 1 unspecified atom stereocenters. The highest BCUT2D eigenvalue weighted by atomic mass is 16.7. The molecule has 4 nitrogen and oxygen atoms in total. The third kappa shape index (κ3) is 4.50. The van der Waals surface area contributed by atoms with Crippen LogP contribution in [0, 0.1) is 0 Å². The molecule has 0 rings (SSSR count). The molecule has 4 heteroatoms. The van der Waals surface area contributed by atoms with Crippen LogP contribution in [0.4, 0.5) is 0 Å². The van der Waals surface area contributed by atoms with Gasteiger partial charge >= 0.3 is 5.97 Å². The molecule has 0 saturated carbocycles. The van der Waals surface area contributed by atoms with E-state index in [1.54, 1.807) is 13.8 Å². The molecule has 0 aromatic carbocycles. The first kappa shape index (κ1) is 10.1. The summed E-state index contributed by atoms with van der Waals surface area (Å²) in [6.07, 6.45) is -0.642. The van der Waals surface area contributed by atoms with E-state index in [0.29, 0.717) is 6.61 Å². The van der Waals surface area contributed by atoms with Gasteiger partial charge in [-0.25, -0.2) is 4.79 Å². The zero-order valence-electron chi connectivity index (χ0n) is 6.92. The average Bonchev–Trinajstić information content (AvgIpc) is 1.87. The van der Waals surface area contributed by atoms with Gasteiger partial charge in [0.2, 0.25) is 12.1 Å². The van der Waals surface area contributed by atoms with E-state index in [0.717, 1.165) is 6.92 Å². The molecule has 0 aromatic heterocycles. The monoisotopic (exact) mass is 160 g/mol. The summed E-state index contributed by atoms with van der Waals surface area (Å²) in [7, 11) is 0. The van der Waals surface area contributed by atoms with Gasteiger partial charge in [-0.15, -0.1) is 0 Å². The van der Waals surface area contributed by atoms with Crippen LogP contribution in [-0.2, 0) is 19.1 Å². The summed E-state index contributed by atoms with van der Waals surface area (Å²) in [5, 5.41) is 0. The third-order valence-electron chi connectivity index (χ3n) is 0.962. The van der Waals surface area contributed by atoms with Crippen LogP contribution in [0.25, 0.3) is 0 Å². The Morgan fingerprint density at radius 3 is 2.36 bits per heavy atom. The van der Waals surface area contributed by atoms with Crippen LogP contribution in [-0.4, -0.2) is 24.6 Å². The van der Waals surface area contributed by atoms with Gasteiger partial charge in [0.15, 0.2) is 0 Å². The zero-order valence-corrected chi connectivity index (χ0v) is 6.92. The summed E-state index contributed by atoms with van der Waals surface area (Å²) >= 11 is 0. The summed E-state index contributed by atoms with van der Waals surface area (Å²) in [6.45, 7) is 4.94. The average molecular weight is 160 g/mol. The van der Waals surface area contributed by atoms with Gasteiger partial charge in [-0.05, 0) is 13.8 Å². The van der Waals surface area contributed by atoms with Gasteiger partial charge < -0.3 is 9.47 Å². The van der Waals surface area contributed by atoms with Gasteiger partial charge in [0, 0.05) is 13.5 Å². The largest absolute Gasteiger partial charge is 0.430 e. The summed E-state index contributed by atoms with van der Waals surface area (Å²) in [6, 6.07) is 0. The molecular formula is C7H12O4. The number of rotatable bonds is 4. The van der Waals surface area contributed by atoms with Crippen molar-refractivity contribution in [3.63, 3.8) is 0 Å². The number of esters is 1. The second-order valence-corrected chi connectivity index (χ2v) is 1.98. The highest BCUT2D eigenvalue weighted by Gasteiger charge is 2.12. The van der Waals surface area contributed by atoms with E-state index in [2.05, 4.69) is 4.74 Å². The van der Waals surface area contributed by atoms with E-state index in [1.807, 2.05) is 0 Å². The van der Waals surface area contributed by atoms with Gasteiger partial charge in [0.1, 0.15) is 0 Å². The van der Waals surface area contributed by atoms with Gasteiger partial charge in [0.25, 0.3) is 0 Å². The van der Waals surface area contributed by atoms with E-state index in [1.165, 1.54) is 0 Å². The van der Waals surface area contributed by atoms with Gasteiger partial charge in [0.05, 0.1) is 0 Å². The molecule has 0 N–H and O–H groups in total. The number of carbonyl (C=O) groups is 2. The molecule has 0 amide bonds. The minimum Gasteiger partial charge on any atom is -0.430 e. The van der Waals surface area contributed by atoms with Crippen molar-refractivity contribution in [2.45, 2.75) is 27.1 Å². The van der Waals surface area contributed by atoms with Crippen LogP contribution in [0.15, 0.2) is 0 Å². The minimum absolute atomic E-state index is 0.451. The molecule has 64 valence electrons. The number of ether oxygens (including phenoxy) is 2. The summed E-state index contributed by atoms with van der Waals surface area (Å²) in [4.78, 5) is 20.9. The molecule has 0 saturated heterocycles. The van der Waals surface area contributed by atoms with Crippen molar-refractivity contribution in [1.29, 1.82) is 0 Å². The molecule has 0 aliphatic heterocycles. The Bertz CT molecular complexity index is 153. The van der Waals surface area contributed by atoms with Crippen LogP contribution >= 0.6 is 0 Å². The van der Waals surface area contributed by atoms with Crippen molar-refractivity contribution in [3.05, 3.63) is 0 Å². The molecule has 0 spiro atoms. The van der Waals surface area contributed by atoms with Crippen LogP contribution in [0.2, 0.25) is 0 Å². The van der Waals surface area contributed by atoms with Crippen LogP contribution in [0.1, 0.15) is 20.8 Å². The Morgan fingerprint density at radius 1 is 1.45 bits per heavy atom. The number of hydrogen-bond donors (Lipinski definition) is 0. The fraction of sp³-hybridized carbons (Fsp3) is 0.714. The lowest BCUT2D eigenvalue weighted by atomic mass is 10.5. The molecule has 0 fully saturated rings. The Balaban J connectivity index is 3.66. The Morgan fingerprint density at radius 2 is 2.00 bits per heavy atom. The van der Waals surface area contributed by atoms with E-state index < -0.39 is 18.0 Å². The number of hydrogen-bond acceptors (Lipinski definition) is 4. The number of Topliss-reactive ketones (excluding diaryl/α,β-unsaturated/α-hetero) is 1. The lowest BCUT2D eigenvalue weighted by Gasteiger charge is -2.10. The molecule has 0 aliphatic rings. The molecule has 0 radical (unpaired) electrons. The third-order valence-corrected chi connectivity index (χ3v) is 0.962. The van der Waals surface area contributed by atoms with E-state index >= 15 is 0 Å². The molecule has 0 aromatic rings. The molecule has 0 bridgehead atoms. The maximum atomic E-state index is 10.6. The fourth-order valence-electron chi connectivity index (χ4n) is 0.502. The van der Waals surface area contributed by atoms with Gasteiger partial charge in [-0.1, -0.05) is 0 Å². The Hall–Kier alpha value is -0.900.